The maximum absolute atomic E-state index is 13.4. The minimum atomic E-state index is -1.09. The number of nitrogens with one attached hydrogen (secondary N) is 1. The largest absolute Gasteiger partial charge is 0.452 e. The Bertz CT molecular complexity index is 748. The molecule has 23 heavy (non-hydrogen) atoms. The van der Waals surface area contributed by atoms with Gasteiger partial charge in [0.15, 0.2) is 6.61 Å². The van der Waals surface area contributed by atoms with Gasteiger partial charge >= 0.3 is 5.97 Å². The average molecular weight is 360 g/mol. The molecule has 4 nitrogen and oxygen atoms in total. The third-order valence-corrected chi connectivity index (χ3v) is 3.34. The van der Waals surface area contributed by atoms with Crippen molar-refractivity contribution in [3.05, 3.63) is 63.6 Å². The molecule has 0 unspecified atom stereocenters. The molecule has 0 saturated heterocycles. The average Bonchev–Trinajstić information content (AvgIpc) is 2.49. The van der Waals surface area contributed by atoms with Crippen LogP contribution in [0.3, 0.4) is 0 Å². The van der Waals surface area contributed by atoms with Crippen molar-refractivity contribution in [3.63, 3.8) is 0 Å². The number of esters is 1. The number of para-hydroxylation sites is 1. The maximum Gasteiger partial charge on any atom is 0.341 e. The highest BCUT2D eigenvalue weighted by Gasteiger charge is 2.16. The number of hydrogen-bond acceptors (Lipinski definition) is 3. The van der Waals surface area contributed by atoms with E-state index in [1.807, 2.05) is 0 Å². The smallest absolute Gasteiger partial charge is 0.341 e. The van der Waals surface area contributed by atoms with Crippen LogP contribution in [0.25, 0.3) is 0 Å². The van der Waals surface area contributed by atoms with E-state index in [1.54, 1.807) is 6.07 Å². The molecule has 1 amide bonds. The fraction of sp³-hybridized carbons (Fsp3) is 0.0667. The van der Waals surface area contributed by atoms with Crippen molar-refractivity contribution in [1.82, 2.24) is 0 Å². The van der Waals surface area contributed by atoms with Crippen LogP contribution in [-0.2, 0) is 9.53 Å². The Morgan fingerprint density at radius 2 is 1.74 bits per heavy atom. The Kier molecular flexibility index (Phi) is 5.52. The van der Waals surface area contributed by atoms with Crippen molar-refractivity contribution in [2.24, 2.45) is 0 Å². The van der Waals surface area contributed by atoms with E-state index in [1.165, 1.54) is 12.1 Å². The van der Waals surface area contributed by atoms with Gasteiger partial charge in [0.25, 0.3) is 5.91 Å². The normalized spacial score (nSPS) is 10.3. The first-order valence-corrected chi connectivity index (χ1v) is 7.00. The quantitative estimate of drug-likeness (QED) is 0.837. The Morgan fingerprint density at radius 1 is 1.09 bits per heavy atom. The van der Waals surface area contributed by atoms with Crippen LogP contribution in [0.15, 0.2) is 36.4 Å². The minimum absolute atomic E-state index is 0.171. The molecule has 0 aliphatic rings. The molecule has 1 N–H and O–H groups in total. The van der Waals surface area contributed by atoms with Gasteiger partial charge in [-0.05, 0) is 24.3 Å². The van der Waals surface area contributed by atoms with Gasteiger partial charge in [-0.25, -0.2) is 13.6 Å². The maximum atomic E-state index is 13.4. The predicted octanol–water partition coefficient (Wildman–Crippen LogP) is 4.07. The van der Waals surface area contributed by atoms with Crippen molar-refractivity contribution in [1.29, 1.82) is 0 Å². The summed E-state index contributed by atoms with van der Waals surface area (Å²) in [6.07, 6.45) is 0. The lowest BCUT2D eigenvalue weighted by atomic mass is 10.2. The Balaban J connectivity index is 1.98. The fourth-order valence-corrected chi connectivity index (χ4v) is 2.15. The van der Waals surface area contributed by atoms with Gasteiger partial charge in [0.2, 0.25) is 0 Å². The van der Waals surface area contributed by atoms with Crippen molar-refractivity contribution >= 4 is 40.8 Å². The molecular weight excluding hydrogens is 351 g/mol. The molecule has 2 aromatic rings. The molecule has 0 bridgehead atoms. The molecular formula is C15H9Cl2F2NO3. The third kappa shape index (κ3) is 4.40. The predicted molar refractivity (Wildman–Crippen MR) is 81.7 cm³/mol. The number of anilines is 1. The first-order chi connectivity index (χ1) is 10.9. The van der Waals surface area contributed by atoms with Crippen LogP contribution in [0, 0.1) is 11.6 Å². The second-order valence-electron chi connectivity index (χ2n) is 4.35. The van der Waals surface area contributed by atoms with Crippen molar-refractivity contribution < 1.29 is 23.1 Å². The zero-order valence-electron chi connectivity index (χ0n) is 11.4. The van der Waals surface area contributed by atoms with Crippen molar-refractivity contribution in [3.8, 4) is 0 Å². The lowest BCUT2D eigenvalue weighted by Crippen LogP contribution is -2.21. The number of halogens is 4. The van der Waals surface area contributed by atoms with Crippen LogP contribution in [-0.4, -0.2) is 18.5 Å². The summed E-state index contributed by atoms with van der Waals surface area (Å²) in [5.41, 5.74) is -0.306. The van der Waals surface area contributed by atoms with Crippen molar-refractivity contribution in [2.45, 2.75) is 0 Å². The molecule has 0 atom stereocenters. The molecule has 120 valence electrons. The zero-order chi connectivity index (χ0) is 17.0. The zero-order valence-corrected chi connectivity index (χ0v) is 12.9. The molecule has 0 aliphatic heterocycles. The third-order valence-electron chi connectivity index (χ3n) is 2.71. The summed E-state index contributed by atoms with van der Waals surface area (Å²) in [6, 6.07) is 7.00. The number of benzene rings is 2. The number of carbonyl (C=O) groups is 2. The van der Waals surface area contributed by atoms with Gasteiger partial charge in [-0.1, -0.05) is 29.3 Å². The number of hydrogen-bond donors (Lipinski definition) is 1. The van der Waals surface area contributed by atoms with Gasteiger partial charge < -0.3 is 10.1 Å². The van der Waals surface area contributed by atoms with E-state index in [0.717, 1.165) is 12.1 Å². The van der Waals surface area contributed by atoms with Crippen LogP contribution >= 0.6 is 23.2 Å². The summed E-state index contributed by atoms with van der Waals surface area (Å²) in [5.74, 6) is -3.71. The van der Waals surface area contributed by atoms with E-state index >= 15 is 0 Å². The molecule has 0 saturated carbocycles. The van der Waals surface area contributed by atoms with Crippen LogP contribution in [0.5, 0.6) is 0 Å². The second kappa shape index (κ2) is 7.39. The molecule has 0 fully saturated rings. The highest BCUT2D eigenvalue weighted by atomic mass is 35.5. The summed E-state index contributed by atoms with van der Waals surface area (Å²) in [7, 11) is 0. The molecule has 0 heterocycles. The highest BCUT2D eigenvalue weighted by molar-refractivity contribution is 6.39. The first kappa shape index (κ1) is 17.2. The molecule has 0 aromatic heterocycles. The van der Waals surface area contributed by atoms with E-state index in [4.69, 9.17) is 23.2 Å². The minimum Gasteiger partial charge on any atom is -0.452 e. The standard InChI is InChI=1S/C15H9Cl2F2NO3/c16-10-2-1-3-11(17)14(10)20-13(21)7-23-15(22)9-5-4-8(18)6-12(9)19/h1-6H,7H2,(H,20,21). The summed E-state index contributed by atoms with van der Waals surface area (Å²) >= 11 is 11.8. The van der Waals surface area contributed by atoms with Crippen LogP contribution in [0.1, 0.15) is 10.4 Å². The molecule has 0 spiro atoms. The SMILES string of the molecule is O=C(COC(=O)c1ccc(F)cc1F)Nc1c(Cl)cccc1Cl. The molecule has 2 aromatic carbocycles. The van der Waals surface area contributed by atoms with Gasteiger partial charge in [-0.15, -0.1) is 0 Å². The van der Waals surface area contributed by atoms with Crippen LogP contribution in [0.4, 0.5) is 14.5 Å². The van der Waals surface area contributed by atoms with Gasteiger partial charge in [0.1, 0.15) is 11.6 Å². The van der Waals surface area contributed by atoms with Crippen molar-refractivity contribution in [2.75, 3.05) is 11.9 Å². The summed E-state index contributed by atoms with van der Waals surface area (Å²) < 4.78 is 30.8. The van der Waals surface area contributed by atoms with Crippen LogP contribution in [0.2, 0.25) is 10.0 Å². The molecule has 2 rings (SSSR count). The molecule has 8 heteroatoms. The Hall–Kier alpha value is -2.18. The number of carbonyl (C=O) groups excluding carboxylic acids is 2. The van der Waals surface area contributed by atoms with Gasteiger partial charge in [0, 0.05) is 6.07 Å². The Labute approximate surface area is 140 Å². The van der Waals surface area contributed by atoms with Crippen LogP contribution < -0.4 is 5.32 Å². The first-order valence-electron chi connectivity index (χ1n) is 6.24. The van der Waals surface area contributed by atoms with E-state index in [9.17, 15) is 18.4 Å². The summed E-state index contributed by atoms with van der Waals surface area (Å²) in [5, 5.41) is 2.80. The number of amides is 1. The van der Waals surface area contributed by atoms with E-state index in [2.05, 4.69) is 10.1 Å². The lowest BCUT2D eigenvalue weighted by molar-refractivity contribution is -0.119. The summed E-state index contributed by atoms with van der Waals surface area (Å²) in [4.78, 5) is 23.4. The van der Waals surface area contributed by atoms with E-state index < -0.39 is 35.7 Å². The van der Waals surface area contributed by atoms with Gasteiger partial charge in [-0.2, -0.15) is 0 Å². The second-order valence-corrected chi connectivity index (χ2v) is 5.16. The number of ether oxygens (including phenoxy) is 1. The topological polar surface area (TPSA) is 55.4 Å². The number of rotatable bonds is 4. The molecule has 0 radical (unpaired) electrons. The monoisotopic (exact) mass is 359 g/mol. The van der Waals surface area contributed by atoms with Gasteiger partial charge in [-0.3, -0.25) is 4.79 Å². The Morgan fingerprint density at radius 3 is 2.35 bits per heavy atom. The van der Waals surface area contributed by atoms with Gasteiger partial charge in [0.05, 0.1) is 21.3 Å². The van der Waals surface area contributed by atoms with E-state index in [0.29, 0.717) is 6.07 Å². The van der Waals surface area contributed by atoms with E-state index in [-0.39, 0.29) is 15.7 Å². The fourth-order valence-electron chi connectivity index (χ4n) is 1.66. The lowest BCUT2D eigenvalue weighted by Gasteiger charge is -2.09. The summed E-state index contributed by atoms with van der Waals surface area (Å²) in [6.45, 7) is -0.683. The highest BCUT2D eigenvalue weighted by Crippen LogP contribution is 2.29. The molecule has 0 aliphatic carbocycles.